The molecule has 5 heterocycles. The van der Waals surface area contributed by atoms with Gasteiger partial charge >= 0.3 is 29.8 Å². The molecule has 2 unspecified atom stereocenters. The molecule has 1 aromatic rings. The lowest BCUT2D eigenvalue weighted by Gasteiger charge is -2.52. The summed E-state index contributed by atoms with van der Waals surface area (Å²) in [5.74, 6) is -11.7. The van der Waals surface area contributed by atoms with Crippen molar-refractivity contribution < 1.29 is 105 Å². The number of cyclic esters (lactones) is 2. The van der Waals surface area contributed by atoms with Gasteiger partial charge in [0.15, 0.2) is 23.8 Å². The molecule has 574 valence electrons. The van der Waals surface area contributed by atoms with Gasteiger partial charge in [-0.3, -0.25) is 38.4 Å². The van der Waals surface area contributed by atoms with Crippen molar-refractivity contribution in [3.63, 3.8) is 0 Å². The molecule has 0 radical (unpaired) electrons. The molecule has 104 heavy (non-hydrogen) atoms. The number of ether oxygens (including phenoxy) is 9. The number of carbonyl (C=O) groups excluding carboxylic acids is 10. The van der Waals surface area contributed by atoms with E-state index in [4.69, 9.17) is 47.0 Å². The van der Waals surface area contributed by atoms with Gasteiger partial charge in [-0.25, -0.2) is 9.59 Å². The van der Waals surface area contributed by atoms with Crippen molar-refractivity contribution >= 4 is 58.9 Å². The Bertz CT molecular complexity index is 3490. The minimum Gasteiger partial charge on any atom is -0.462 e. The third-order valence-electron chi connectivity index (χ3n) is 24.0. The predicted molar refractivity (Wildman–Crippen MR) is 380 cm³/mol. The SMILES string of the molecule is COC[C@H]1OC(=O)c2coc3c2[C@@]1(C)C1=C(C3=O)[C@@H]2CCC(OC(=O)CCCCCCC(=O)O[C@@H]3/C(C)=C/[C@@H](C)C(=O)C[C@@H]([C@H](C)CC4CCC(O)CC4)OC(=O)C4CCCCN4C(=O)C(=O)[C@]4(O)O[C@@H](CC[C@H]4C)C[C@H](OC)/C(C)=C/C=C/C=C/[C@@H](C)C[C@@H](C)C(=O)[C@@H]3OC)[C@@]2(C)C[C@H]1OC(C)=O. The van der Waals surface area contributed by atoms with Gasteiger partial charge in [-0.2, -0.15) is 0 Å². The Hall–Kier alpha value is -6.76. The Morgan fingerprint density at radius 3 is 2.13 bits per heavy atom. The summed E-state index contributed by atoms with van der Waals surface area (Å²) in [6.45, 7) is 17.8. The number of carbonyl (C=O) groups is 10. The van der Waals surface area contributed by atoms with Gasteiger partial charge in [-0.05, 0) is 164 Å². The average molecular weight is 1450 g/mol. The van der Waals surface area contributed by atoms with Crippen LogP contribution in [0.15, 0.2) is 69.4 Å². The zero-order valence-electron chi connectivity index (χ0n) is 63.3. The van der Waals surface area contributed by atoms with Gasteiger partial charge in [0.1, 0.15) is 48.1 Å². The molecule has 4 aliphatic carbocycles. The van der Waals surface area contributed by atoms with Crippen LogP contribution in [0.4, 0.5) is 0 Å². The first-order valence-corrected chi connectivity index (χ1v) is 38.0. The van der Waals surface area contributed by atoms with Crippen molar-refractivity contribution in [2.75, 3.05) is 34.5 Å². The van der Waals surface area contributed by atoms with E-state index in [0.717, 1.165) is 18.4 Å². The first kappa shape index (κ1) is 81.3. The molecule has 23 nitrogen and oxygen atoms in total. The second-order valence-corrected chi connectivity index (χ2v) is 31.6. The molecule has 4 aliphatic heterocycles. The number of aliphatic hydroxyl groups excluding tert-OH is 1. The minimum atomic E-state index is -2.48. The lowest BCUT2D eigenvalue weighted by Crippen LogP contribution is -2.61. The van der Waals surface area contributed by atoms with E-state index in [9.17, 15) is 58.2 Å². The standard InChI is InChI=1S/C81H113NO22/c1-45-23-17-16-18-24-46(2)60(96-12)40-55-33-28-51(7)81(94,104-55)75(90)76(91)82-36-22-21-25-58(82)78(93)100-61(48(4)39-53-29-31-54(84)32-30-53)41-59(85)47(3)38-50(6)72(74(97-13)70(88)49(5)37-45)103-66(87)27-20-15-14-19-26-65(86)101-63-35-34-57-67-69(62(99-52(8)83)42-79(57,63)9)80(10)64(44-95-11)102-77(92)56-43-98-73(68(56)80)71(67)89/h16-18,23-24,38,43,45,47-49,51,53-55,57-58,60-64,72,74,84,94H,14-15,19-22,25-37,39-42,44H2,1-13H3/b18-16+,23-17+,46-24+,50-38+/t45-,47-,48-,49-,51-,53?,54?,55+,57+,58?,60+,61+,62-,63?,64-,72-,74+,79+,80+,81-/m1/s1. The highest BCUT2D eigenvalue weighted by atomic mass is 16.6. The van der Waals surface area contributed by atoms with Crippen molar-refractivity contribution in [1.29, 1.82) is 0 Å². The van der Waals surface area contributed by atoms with E-state index in [2.05, 4.69) is 0 Å². The summed E-state index contributed by atoms with van der Waals surface area (Å²) in [6, 6.07) is -1.20. The molecule has 2 N–H and O–H groups in total. The second kappa shape index (κ2) is 35.3. The zero-order chi connectivity index (χ0) is 75.7. The normalized spacial score (nSPS) is 36.9. The summed E-state index contributed by atoms with van der Waals surface area (Å²) < 4.78 is 60.4. The third kappa shape index (κ3) is 17.9. The van der Waals surface area contributed by atoms with Gasteiger partial charge in [-0.1, -0.05) is 90.8 Å². The van der Waals surface area contributed by atoms with Crippen LogP contribution >= 0.6 is 0 Å². The summed E-state index contributed by atoms with van der Waals surface area (Å²) in [7, 11) is 4.42. The topological polar surface area (TPSA) is 311 Å². The number of rotatable bonds is 17. The maximum atomic E-state index is 14.8. The van der Waals surface area contributed by atoms with Gasteiger partial charge in [-0.15, -0.1) is 0 Å². The third-order valence-corrected chi connectivity index (χ3v) is 24.0. The van der Waals surface area contributed by atoms with E-state index in [1.165, 1.54) is 32.3 Å². The van der Waals surface area contributed by atoms with E-state index in [-0.39, 0.29) is 92.3 Å². The van der Waals surface area contributed by atoms with Crippen LogP contribution in [0, 0.1) is 46.8 Å². The van der Waals surface area contributed by atoms with Gasteiger partial charge in [0.2, 0.25) is 11.6 Å². The first-order valence-electron chi connectivity index (χ1n) is 38.0. The van der Waals surface area contributed by atoms with Gasteiger partial charge in [0.25, 0.3) is 11.7 Å². The Kier molecular flexibility index (Phi) is 27.6. The quantitative estimate of drug-likeness (QED) is 0.0481. The molecule has 0 aromatic carbocycles. The van der Waals surface area contributed by atoms with E-state index < -0.39 is 149 Å². The maximum absolute atomic E-state index is 14.8. The number of furan rings is 1. The summed E-state index contributed by atoms with van der Waals surface area (Å²) >= 11 is 0. The molecule has 4 fully saturated rings. The van der Waals surface area contributed by atoms with E-state index in [0.29, 0.717) is 112 Å². The minimum absolute atomic E-state index is 0.00337. The van der Waals surface area contributed by atoms with Crippen molar-refractivity contribution in [3.05, 3.63) is 81.9 Å². The van der Waals surface area contributed by atoms with E-state index in [1.54, 1.807) is 40.9 Å². The molecule has 2 saturated heterocycles. The highest BCUT2D eigenvalue weighted by Crippen LogP contribution is 2.63. The summed E-state index contributed by atoms with van der Waals surface area (Å²) in [6.07, 6.45) is 13.7. The number of Topliss-reactive ketones (excluding diaryl/α,β-unsaturated/α-hetero) is 4. The smallest absolute Gasteiger partial charge is 0.342 e. The monoisotopic (exact) mass is 1450 g/mol. The molecule has 9 rings (SSSR count). The molecule has 1 aromatic heterocycles. The number of fused-ring (bicyclic) bond motifs is 6. The lowest BCUT2D eigenvalue weighted by atomic mass is 9.54. The number of nitrogens with zero attached hydrogens (tertiary/aromatic N) is 1. The Balaban J connectivity index is 0.892. The molecule has 1 amide bonds. The van der Waals surface area contributed by atoms with Crippen LogP contribution < -0.4 is 0 Å². The first-order chi connectivity index (χ1) is 49.4. The van der Waals surface area contributed by atoms with Crippen LogP contribution in [0.25, 0.3) is 0 Å². The van der Waals surface area contributed by atoms with Gasteiger partial charge < -0.3 is 62.2 Å². The number of amides is 1. The van der Waals surface area contributed by atoms with Crippen molar-refractivity contribution in [2.24, 2.45) is 46.8 Å². The molecule has 18 atom stereocenters. The second-order valence-electron chi connectivity index (χ2n) is 31.6. The van der Waals surface area contributed by atoms with Crippen molar-refractivity contribution in [3.8, 4) is 0 Å². The van der Waals surface area contributed by atoms with Crippen molar-refractivity contribution in [1.82, 2.24) is 4.90 Å². The van der Waals surface area contributed by atoms with Crippen LogP contribution in [0.2, 0.25) is 0 Å². The predicted octanol–water partition coefficient (Wildman–Crippen LogP) is 11.3. The molecule has 0 spiro atoms. The molecule has 8 aliphatic rings. The summed E-state index contributed by atoms with van der Waals surface area (Å²) in [5, 5.41) is 22.5. The Labute approximate surface area is 612 Å². The fraction of sp³-hybridized carbons (Fsp3) is 0.704. The fourth-order valence-electron chi connectivity index (χ4n) is 17.9. The number of piperidine rings is 1. The summed E-state index contributed by atoms with van der Waals surface area (Å²) in [5.41, 5.74) is 0.720. The van der Waals surface area contributed by atoms with E-state index >= 15 is 0 Å². The number of allylic oxidation sites excluding steroid dienone is 7. The highest BCUT2D eigenvalue weighted by molar-refractivity contribution is 6.39. The average Bonchev–Trinajstić information content (AvgIpc) is 1.37. The lowest BCUT2D eigenvalue weighted by molar-refractivity contribution is -0.265. The molecular weight excluding hydrogens is 1340 g/mol. The number of unbranched alkanes of at least 4 members (excludes halogenated alkanes) is 3. The largest absolute Gasteiger partial charge is 0.462 e. The Morgan fingerprint density at radius 1 is 0.760 bits per heavy atom. The van der Waals surface area contributed by atoms with Crippen LogP contribution in [0.5, 0.6) is 0 Å². The van der Waals surface area contributed by atoms with Crippen LogP contribution in [0.1, 0.15) is 237 Å². The van der Waals surface area contributed by atoms with E-state index in [1.807, 2.05) is 65.0 Å². The number of hydrogen-bond acceptors (Lipinski definition) is 22. The molecule has 2 saturated carbocycles. The van der Waals surface area contributed by atoms with Crippen LogP contribution in [-0.4, -0.2) is 175 Å². The van der Waals surface area contributed by atoms with Crippen LogP contribution in [0.3, 0.4) is 0 Å². The molecule has 23 heteroatoms. The maximum Gasteiger partial charge on any atom is 0.342 e. The highest BCUT2D eigenvalue weighted by Gasteiger charge is 2.65. The number of aliphatic hydroxyl groups is 2. The zero-order valence-corrected chi connectivity index (χ0v) is 63.3. The summed E-state index contributed by atoms with van der Waals surface area (Å²) in [4.78, 5) is 143. The number of ketones is 4. The van der Waals surface area contributed by atoms with Crippen molar-refractivity contribution in [2.45, 2.75) is 283 Å². The molecule has 2 bridgehead atoms. The van der Waals surface area contributed by atoms with Gasteiger partial charge in [0.05, 0.1) is 30.3 Å². The van der Waals surface area contributed by atoms with Gasteiger partial charge in [0, 0.05) is 94.8 Å². The number of methoxy groups -OCH3 is 3. The number of hydrogen-bond donors (Lipinski definition) is 2. The fourth-order valence-corrected chi connectivity index (χ4v) is 17.9. The van der Waals surface area contributed by atoms with Crippen LogP contribution in [-0.2, 0) is 86.4 Å². The Morgan fingerprint density at radius 2 is 1.46 bits per heavy atom. The number of esters is 5. The molecular formula is C81H113NO22.